The van der Waals surface area contributed by atoms with Gasteiger partial charge in [-0.3, -0.25) is 0 Å². The third kappa shape index (κ3) is 3.59. The summed E-state index contributed by atoms with van der Waals surface area (Å²) in [5, 5.41) is 9.00. The number of rotatable bonds is 5. The average molecular weight is 251 g/mol. The quantitative estimate of drug-likeness (QED) is 0.806. The molecule has 0 aliphatic carbocycles. The van der Waals surface area contributed by atoms with Crippen LogP contribution >= 0.6 is 0 Å². The molecule has 2 heteroatoms. The first-order valence-corrected chi connectivity index (χ1v) is 6.38. The molecule has 0 saturated heterocycles. The van der Waals surface area contributed by atoms with E-state index in [1.807, 2.05) is 42.5 Å². The summed E-state index contributed by atoms with van der Waals surface area (Å²) >= 11 is 0. The van der Waals surface area contributed by atoms with E-state index in [9.17, 15) is 0 Å². The smallest absolute Gasteiger partial charge is 0.118 e. The largest absolute Gasteiger partial charge is 0.497 e. The lowest BCUT2D eigenvalue weighted by molar-refractivity contribution is 0.414. The molecule has 0 aromatic heterocycles. The van der Waals surface area contributed by atoms with Crippen LogP contribution in [0.25, 0.3) is 0 Å². The Morgan fingerprint density at radius 1 is 1.05 bits per heavy atom. The Morgan fingerprint density at radius 2 is 1.74 bits per heavy atom. The minimum Gasteiger partial charge on any atom is -0.497 e. The van der Waals surface area contributed by atoms with Gasteiger partial charge in [-0.25, -0.2) is 0 Å². The fraction of sp³-hybridized carbons (Fsp3) is 0.235. The number of nitriles is 1. The predicted molar refractivity (Wildman–Crippen MR) is 76.1 cm³/mol. The number of ether oxygens (including phenoxy) is 1. The molecule has 0 fully saturated rings. The zero-order valence-electron chi connectivity index (χ0n) is 11.0. The molecule has 0 bridgehead atoms. The van der Waals surface area contributed by atoms with Crippen LogP contribution in [-0.4, -0.2) is 7.11 Å². The van der Waals surface area contributed by atoms with E-state index in [-0.39, 0.29) is 5.92 Å². The third-order valence-corrected chi connectivity index (χ3v) is 3.25. The van der Waals surface area contributed by atoms with Gasteiger partial charge in [0.1, 0.15) is 5.75 Å². The Kier molecular flexibility index (Phi) is 4.58. The van der Waals surface area contributed by atoms with Crippen molar-refractivity contribution in [3.05, 3.63) is 65.7 Å². The summed E-state index contributed by atoms with van der Waals surface area (Å²) in [5.74, 6) is 1.08. The summed E-state index contributed by atoms with van der Waals surface area (Å²) in [4.78, 5) is 0. The van der Waals surface area contributed by atoms with E-state index in [0.29, 0.717) is 6.42 Å². The Bertz CT molecular complexity index is 540. The molecule has 1 unspecified atom stereocenters. The molecule has 2 rings (SSSR count). The fourth-order valence-corrected chi connectivity index (χ4v) is 2.19. The maximum absolute atomic E-state index is 9.00. The second kappa shape index (κ2) is 6.61. The molecule has 96 valence electrons. The molecule has 2 nitrogen and oxygen atoms in total. The van der Waals surface area contributed by atoms with Crippen LogP contribution in [0.1, 0.15) is 23.5 Å². The monoisotopic (exact) mass is 251 g/mol. The zero-order chi connectivity index (χ0) is 13.5. The second-order valence-corrected chi connectivity index (χ2v) is 4.52. The predicted octanol–water partition coefficient (Wildman–Crippen LogP) is 3.94. The number of nitrogens with zero attached hydrogens (tertiary/aromatic N) is 1. The van der Waals surface area contributed by atoms with Crippen molar-refractivity contribution in [1.29, 1.82) is 5.26 Å². The molecule has 0 aliphatic rings. The van der Waals surface area contributed by atoms with Gasteiger partial charge in [0, 0.05) is 12.3 Å². The molecule has 2 aromatic rings. The van der Waals surface area contributed by atoms with Crippen LogP contribution < -0.4 is 4.74 Å². The maximum atomic E-state index is 9.00. The van der Waals surface area contributed by atoms with Crippen LogP contribution in [0.4, 0.5) is 0 Å². The first-order chi connectivity index (χ1) is 9.33. The van der Waals surface area contributed by atoms with Crippen molar-refractivity contribution in [2.24, 2.45) is 0 Å². The molecule has 0 amide bonds. The number of methoxy groups -OCH3 is 1. The van der Waals surface area contributed by atoms with Gasteiger partial charge in [0.05, 0.1) is 13.2 Å². The van der Waals surface area contributed by atoms with Crippen molar-refractivity contribution in [2.75, 3.05) is 7.11 Å². The minimum absolute atomic E-state index is 0.235. The Morgan fingerprint density at radius 3 is 2.32 bits per heavy atom. The standard InChI is InChI=1S/C17H17NO/c1-19-17-9-7-15(8-10-17)16(11-12-18)13-14-5-3-2-4-6-14/h2-10,16H,11,13H2,1H3. The number of benzene rings is 2. The van der Waals surface area contributed by atoms with Gasteiger partial charge in [-0.15, -0.1) is 0 Å². The summed E-state index contributed by atoms with van der Waals surface area (Å²) < 4.78 is 5.16. The fourth-order valence-electron chi connectivity index (χ4n) is 2.19. The molecular formula is C17H17NO. The van der Waals surface area contributed by atoms with Crippen molar-refractivity contribution in [1.82, 2.24) is 0 Å². The highest BCUT2D eigenvalue weighted by Crippen LogP contribution is 2.25. The van der Waals surface area contributed by atoms with Crippen LogP contribution in [-0.2, 0) is 6.42 Å². The topological polar surface area (TPSA) is 33.0 Å². The Hall–Kier alpha value is -2.27. The lowest BCUT2D eigenvalue weighted by Gasteiger charge is -2.14. The van der Waals surface area contributed by atoms with E-state index in [1.54, 1.807) is 7.11 Å². The van der Waals surface area contributed by atoms with Crippen molar-refractivity contribution < 1.29 is 4.74 Å². The lowest BCUT2D eigenvalue weighted by Crippen LogP contribution is -2.02. The van der Waals surface area contributed by atoms with Crippen LogP contribution in [0.2, 0.25) is 0 Å². The van der Waals surface area contributed by atoms with Gasteiger partial charge in [0.25, 0.3) is 0 Å². The van der Waals surface area contributed by atoms with Crippen molar-refractivity contribution >= 4 is 0 Å². The van der Waals surface area contributed by atoms with Gasteiger partial charge in [0.15, 0.2) is 0 Å². The molecule has 0 N–H and O–H groups in total. The van der Waals surface area contributed by atoms with Crippen LogP contribution in [0.3, 0.4) is 0 Å². The van der Waals surface area contributed by atoms with E-state index >= 15 is 0 Å². The highest BCUT2D eigenvalue weighted by molar-refractivity contribution is 5.31. The zero-order valence-corrected chi connectivity index (χ0v) is 11.0. The van der Waals surface area contributed by atoms with Crippen molar-refractivity contribution in [3.63, 3.8) is 0 Å². The molecule has 0 spiro atoms. The average Bonchev–Trinajstić information content (AvgIpc) is 2.48. The summed E-state index contributed by atoms with van der Waals surface area (Å²) in [6.45, 7) is 0. The van der Waals surface area contributed by atoms with E-state index in [0.717, 1.165) is 12.2 Å². The van der Waals surface area contributed by atoms with E-state index in [2.05, 4.69) is 18.2 Å². The van der Waals surface area contributed by atoms with Crippen molar-refractivity contribution in [2.45, 2.75) is 18.8 Å². The van der Waals surface area contributed by atoms with E-state index in [4.69, 9.17) is 10.00 Å². The van der Waals surface area contributed by atoms with Crippen molar-refractivity contribution in [3.8, 4) is 11.8 Å². The summed E-state index contributed by atoms with van der Waals surface area (Å²) in [6.07, 6.45) is 1.42. The number of hydrogen-bond acceptors (Lipinski definition) is 2. The second-order valence-electron chi connectivity index (χ2n) is 4.52. The first-order valence-electron chi connectivity index (χ1n) is 6.38. The van der Waals surface area contributed by atoms with Crippen LogP contribution in [0.5, 0.6) is 5.75 Å². The molecular weight excluding hydrogens is 234 g/mol. The third-order valence-electron chi connectivity index (χ3n) is 3.25. The van der Waals surface area contributed by atoms with E-state index in [1.165, 1.54) is 11.1 Å². The SMILES string of the molecule is COc1ccc(C(CC#N)Cc2ccccc2)cc1. The summed E-state index contributed by atoms with van der Waals surface area (Å²) in [6, 6.07) is 20.6. The van der Waals surface area contributed by atoms with Gasteiger partial charge in [-0.05, 0) is 29.7 Å². The molecule has 0 saturated carbocycles. The normalized spacial score (nSPS) is 11.6. The highest BCUT2D eigenvalue weighted by atomic mass is 16.5. The van der Waals surface area contributed by atoms with Gasteiger partial charge in [-0.1, -0.05) is 42.5 Å². The lowest BCUT2D eigenvalue weighted by atomic mass is 9.90. The van der Waals surface area contributed by atoms with Gasteiger partial charge < -0.3 is 4.74 Å². The Labute approximate surface area is 114 Å². The summed E-state index contributed by atoms with van der Waals surface area (Å²) in [7, 11) is 1.66. The number of hydrogen-bond donors (Lipinski definition) is 0. The van der Waals surface area contributed by atoms with E-state index < -0.39 is 0 Å². The molecule has 0 heterocycles. The van der Waals surface area contributed by atoms with Gasteiger partial charge in [-0.2, -0.15) is 5.26 Å². The minimum atomic E-state index is 0.235. The molecule has 1 atom stereocenters. The first kappa shape index (κ1) is 13.2. The van der Waals surface area contributed by atoms with Crippen LogP contribution in [0.15, 0.2) is 54.6 Å². The maximum Gasteiger partial charge on any atom is 0.118 e. The molecule has 19 heavy (non-hydrogen) atoms. The van der Waals surface area contributed by atoms with Crippen LogP contribution in [0, 0.1) is 11.3 Å². The van der Waals surface area contributed by atoms with Gasteiger partial charge in [0.2, 0.25) is 0 Å². The summed E-state index contributed by atoms with van der Waals surface area (Å²) in [5.41, 5.74) is 2.45. The molecule has 0 aliphatic heterocycles. The highest BCUT2D eigenvalue weighted by Gasteiger charge is 2.12. The van der Waals surface area contributed by atoms with Gasteiger partial charge >= 0.3 is 0 Å². The Balaban J connectivity index is 2.17. The molecule has 0 radical (unpaired) electrons. The molecule has 2 aromatic carbocycles.